The summed E-state index contributed by atoms with van der Waals surface area (Å²) in [6.07, 6.45) is -0.717. The number of hydrogen-bond donors (Lipinski definition) is 1. The highest BCUT2D eigenvalue weighted by Gasteiger charge is 2.41. The fourth-order valence-corrected chi connectivity index (χ4v) is 1.63. The van der Waals surface area contributed by atoms with E-state index >= 15 is 0 Å². The molecule has 0 saturated carbocycles. The third-order valence-electron chi connectivity index (χ3n) is 2.49. The van der Waals surface area contributed by atoms with E-state index in [-0.39, 0.29) is 5.57 Å². The Morgan fingerprint density at radius 2 is 1.81 bits per heavy atom. The molecular formula is C12H10F3N. The average molecular weight is 225 g/mol. The first-order chi connectivity index (χ1) is 7.51. The van der Waals surface area contributed by atoms with Gasteiger partial charge in [0.2, 0.25) is 5.79 Å². The number of nitrogens with two attached hydrogens (primary N) is 1. The van der Waals surface area contributed by atoms with E-state index in [4.69, 9.17) is 5.73 Å². The summed E-state index contributed by atoms with van der Waals surface area (Å²) in [6.45, 7) is 0. The topological polar surface area (TPSA) is 26.0 Å². The van der Waals surface area contributed by atoms with Crippen LogP contribution in [0, 0.1) is 0 Å². The molecule has 16 heavy (non-hydrogen) atoms. The summed E-state index contributed by atoms with van der Waals surface area (Å²) in [5.41, 5.74) is 5.43. The SMILES string of the molecule is NC1(F)C(c2ccccc2)=CC(F)=CC1F. The van der Waals surface area contributed by atoms with Crippen LogP contribution >= 0.6 is 0 Å². The molecule has 2 rings (SSSR count). The smallest absolute Gasteiger partial charge is 0.220 e. The summed E-state index contributed by atoms with van der Waals surface area (Å²) >= 11 is 0. The quantitative estimate of drug-likeness (QED) is 0.731. The Morgan fingerprint density at radius 1 is 1.19 bits per heavy atom. The van der Waals surface area contributed by atoms with Gasteiger partial charge in [-0.25, -0.2) is 13.2 Å². The molecule has 0 spiro atoms. The maximum absolute atomic E-state index is 13.9. The highest BCUT2D eigenvalue weighted by Crippen LogP contribution is 2.36. The second-order valence-corrected chi connectivity index (χ2v) is 3.65. The number of halogens is 3. The van der Waals surface area contributed by atoms with E-state index in [9.17, 15) is 13.2 Å². The van der Waals surface area contributed by atoms with Crippen LogP contribution in [-0.2, 0) is 0 Å². The molecular weight excluding hydrogens is 215 g/mol. The minimum Gasteiger partial charge on any atom is -0.292 e. The average Bonchev–Trinajstić information content (AvgIpc) is 2.25. The first-order valence-electron chi connectivity index (χ1n) is 4.78. The van der Waals surface area contributed by atoms with E-state index in [0.29, 0.717) is 11.6 Å². The van der Waals surface area contributed by atoms with Gasteiger partial charge in [0.1, 0.15) is 5.83 Å². The molecule has 0 radical (unpaired) electrons. The maximum Gasteiger partial charge on any atom is 0.220 e. The van der Waals surface area contributed by atoms with Gasteiger partial charge < -0.3 is 0 Å². The molecule has 84 valence electrons. The summed E-state index contributed by atoms with van der Waals surface area (Å²) in [7, 11) is 0. The molecule has 2 unspecified atom stereocenters. The molecule has 2 atom stereocenters. The largest absolute Gasteiger partial charge is 0.292 e. The fraction of sp³-hybridized carbons (Fsp3) is 0.167. The zero-order valence-electron chi connectivity index (χ0n) is 8.33. The molecule has 2 N–H and O–H groups in total. The summed E-state index contributed by atoms with van der Waals surface area (Å²) in [4.78, 5) is 0. The summed E-state index contributed by atoms with van der Waals surface area (Å²) < 4.78 is 40.2. The molecule has 4 heteroatoms. The van der Waals surface area contributed by atoms with Crippen LogP contribution in [0.15, 0.2) is 48.3 Å². The van der Waals surface area contributed by atoms with Gasteiger partial charge in [-0.3, -0.25) is 5.73 Å². The van der Waals surface area contributed by atoms with Gasteiger partial charge in [-0.2, -0.15) is 0 Å². The predicted molar refractivity (Wildman–Crippen MR) is 56.5 cm³/mol. The third kappa shape index (κ3) is 1.76. The van der Waals surface area contributed by atoms with E-state index in [0.717, 1.165) is 6.08 Å². The Bertz CT molecular complexity index is 449. The van der Waals surface area contributed by atoms with Crippen molar-refractivity contribution in [2.45, 2.75) is 12.0 Å². The van der Waals surface area contributed by atoms with Gasteiger partial charge in [0, 0.05) is 5.57 Å². The second-order valence-electron chi connectivity index (χ2n) is 3.65. The van der Waals surface area contributed by atoms with Gasteiger partial charge in [0.15, 0.2) is 6.17 Å². The number of alkyl halides is 2. The van der Waals surface area contributed by atoms with E-state index in [2.05, 4.69) is 0 Å². The van der Waals surface area contributed by atoms with Gasteiger partial charge in [-0.05, 0) is 17.7 Å². The first-order valence-corrected chi connectivity index (χ1v) is 4.78. The lowest BCUT2D eigenvalue weighted by atomic mass is 9.89. The minimum absolute atomic E-state index is 0.180. The van der Waals surface area contributed by atoms with Crippen LogP contribution in [0.2, 0.25) is 0 Å². The van der Waals surface area contributed by atoms with Crippen LogP contribution in [0.3, 0.4) is 0 Å². The zero-order valence-corrected chi connectivity index (χ0v) is 8.33. The molecule has 1 aliphatic carbocycles. The van der Waals surface area contributed by atoms with Gasteiger partial charge in [0.05, 0.1) is 0 Å². The van der Waals surface area contributed by atoms with Crippen molar-refractivity contribution >= 4 is 5.57 Å². The molecule has 1 aromatic carbocycles. The Labute approximate surface area is 91.1 Å². The molecule has 0 heterocycles. The summed E-state index contributed by atoms with van der Waals surface area (Å²) in [5.74, 6) is -3.50. The molecule has 1 aliphatic rings. The van der Waals surface area contributed by atoms with Crippen LogP contribution in [0.5, 0.6) is 0 Å². The third-order valence-corrected chi connectivity index (χ3v) is 2.49. The van der Waals surface area contributed by atoms with Crippen LogP contribution in [0.1, 0.15) is 5.56 Å². The molecule has 0 fully saturated rings. The Kier molecular flexibility index (Phi) is 2.59. The Morgan fingerprint density at radius 3 is 2.44 bits per heavy atom. The van der Waals surface area contributed by atoms with Crippen LogP contribution in [0.4, 0.5) is 13.2 Å². The molecule has 0 aromatic heterocycles. The lowest BCUT2D eigenvalue weighted by Crippen LogP contribution is -2.46. The van der Waals surface area contributed by atoms with Crippen molar-refractivity contribution in [3.63, 3.8) is 0 Å². The lowest BCUT2D eigenvalue weighted by Gasteiger charge is -2.28. The van der Waals surface area contributed by atoms with Gasteiger partial charge in [-0.15, -0.1) is 0 Å². The maximum atomic E-state index is 13.9. The van der Waals surface area contributed by atoms with Gasteiger partial charge >= 0.3 is 0 Å². The van der Waals surface area contributed by atoms with E-state index in [1.165, 1.54) is 0 Å². The normalized spacial score (nSPS) is 29.6. The zero-order chi connectivity index (χ0) is 11.8. The lowest BCUT2D eigenvalue weighted by molar-refractivity contribution is 0.140. The molecule has 1 nitrogen and oxygen atoms in total. The monoisotopic (exact) mass is 225 g/mol. The number of hydrogen-bond acceptors (Lipinski definition) is 1. The van der Waals surface area contributed by atoms with Crippen molar-refractivity contribution in [2.75, 3.05) is 0 Å². The second kappa shape index (κ2) is 3.79. The van der Waals surface area contributed by atoms with Crippen molar-refractivity contribution < 1.29 is 13.2 Å². The number of benzene rings is 1. The van der Waals surface area contributed by atoms with Crippen molar-refractivity contribution in [1.82, 2.24) is 0 Å². The van der Waals surface area contributed by atoms with Crippen LogP contribution in [-0.4, -0.2) is 12.0 Å². The van der Waals surface area contributed by atoms with E-state index in [1.54, 1.807) is 30.3 Å². The molecule has 0 amide bonds. The van der Waals surface area contributed by atoms with Gasteiger partial charge in [0.25, 0.3) is 0 Å². The molecule has 0 aliphatic heterocycles. The highest BCUT2D eigenvalue weighted by atomic mass is 19.2. The van der Waals surface area contributed by atoms with Crippen molar-refractivity contribution in [3.05, 3.63) is 53.9 Å². The summed E-state index contributed by atoms with van der Waals surface area (Å²) in [6, 6.07) is 8.13. The molecule has 0 bridgehead atoms. The Hall–Kier alpha value is -1.55. The number of rotatable bonds is 1. The van der Waals surface area contributed by atoms with Crippen molar-refractivity contribution in [3.8, 4) is 0 Å². The van der Waals surface area contributed by atoms with E-state index < -0.39 is 17.8 Å². The van der Waals surface area contributed by atoms with Crippen LogP contribution < -0.4 is 5.73 Å². The first kappa shape index (κ1) is 11.0. The van der Waals surface area contributed by atoms with E-state index in [1.807, 2.05) is 0 Å². The highest BCUT2D eigenvalue weighted by molar-refractivity contribution is 5.75. The molecule has 0 saturated heterocycles. The molecule has 1 aromatic rings. The Balaban J connectivity index is 2.51. The summed E-state index contributed by atoms with van der Waals surface area (Å²) in [5, 5.41) is 0. The fourth-order valence-electron chi connectivity index (χ4n) is 1.63. The van der Waals surface area contributed by atoms with Crippen molar-refractivity contribution in [2.24, 2.45) is 5.73 Å². The van der Waals surface area contributed by atoms with Crippen LogP contribution in [0.25, 0.3) is 5.57 Å². The van der Waals surface area contributed by atoms with Gasteiger partial charge in [-0.1, -0.05) is 30.3 Å². The predicted octanol–water partition coefficient (Wildman–Crippen LogP) is 2.90. The number of allylic oxidation sites excluding steroid dienone is 2. The standard InChI is InChI=1S/C12H10F3N/c13-9-6-10(8-4-2-1-3-5-8)12(15,16)11(14)7-9/h1-7,11H,16H2. The minimum atomic E-state index is -2.68. The van der Waals surface area contributed by atoms with Crippen molar-refractivity contribution in [1.29, 1.82) is 0 Å².